The molecule has 1 amide bonds. The van der Waals surface area contributed by atoms with E-state index in [1.54, 1.807) is 30.2 Å². The standard InChI is InChI=1S/C20H19N3O3/c1-26-11-10-23-19(14-8-5-9-15(24)12-14)16-17(13-6-3-2-4-7-13)21-22-18(16)20(23)25/h2-9,12,19,24H,10-11H2,1H3,(H,21,22)/t19-/m1/s1. The summed E-state index contributed by atoms with van der Waals surface area (Å²) < 4.78 is 5.18. The zero-order chi connectivity index (χ0) is 18.1. The van der Waals surface area contributed by atoms with E-state index in [1.165, 1.54) is 0 Å². The highest BCUT2D eigenvalue weighted by Crippen LogP contribution is 2.43. The molecule has 1 atom stereocenters. The van der Waals surface area contributed by atoms with Crippen molar-refractivity contribution >= 4 is 5.91 Å². The highest BCUT2D eigenvalue weighted by Gasteiger charge is 2.41. The molecule has 0 radical (unpaired) electrons. The molecule has 0 fully saturated rings. The summed E-state index contributed by atoms with van der Waals surface area (Å²) in [5.41, 5.74) is 3.86. The van der Waals surface area contributed by atoms with Gasteiger partial charge in [-0.15, -0.1) is 0 Å². The van der Waals surface area contributed by atoms with Gasteiger partial charge in [0.1, 0.15) is 11.4 Å². The number of nitrogens with one attached hydrogen (secondary N) is 1. The first-order valence-electron chi connectivity index (χ1n) is 8.43. The lowest BCUT2D eigenvalue weighted by Crippen LogP contribution is -2.32. The van der Waals surface area contributed by atoms with Gasteiger partial charge in [-0.3, -0.25) is 9.89 Å². The van der Waals surface area contributed by atoms with Gasteiger partial charge < -0.3 is 14.7 Å². The molecule has 1 aliphatic rings. The number of carbonyl (C=O) groups excluding carboxylic acids is 1. The molecule has 26 heavy (non-hydrogen) atoms. The van der Waals surface area contributed by atoms with Crippen LogP contribution in [-0.4, -0.2) is 46.4 Å². The number of methoxy groups -OCH3 is 1. The van der Waals surface area contributed by atoms with Gasteiger partial charge in [0, 0.05) is 24.8 Å². The molecule has 6 nitrogen and oxygen atoms in total. The van der Waals surface area contributed by atoms with Crippen LogP contribution < -0.4 is 0 Å². The number of rotatable bonds is 5. The Bertz CT molecular complexity index is 936. The molecule has 3 aromatic rings. The molecule has 2 aromatic carbocycles. The summed E-state index contributed by atoms with van der Waals surface area (Å²) in [5, 5.41) is 17.3. The van der Waals surface area contributed by atoms with Crippen LogP contribution in [0, 0.1) is 0 Å². The summed E-state index contributed by atoms with van der Waals surface area (Å²) in [7, 11) is 1.61. The van der Waals surface area contributed by atoms with Crippen LogP contribution in [0.3, 0.4) is 0 Å². The lowest BCUT2D eigenvalue weighted by atomic mass is 9.96. The third kappa shape index (κ3) is 2.64. The SMILES string of the molecule is COCCN1C(=O)c2[nH]nc(-c3ccccc3)c2[C@H]1c1cccc(O)c1. The van der Waals surface area contributed by atoms with Crippen LogP contribution in [0.1, 0.15) is 27.7 Å². The highest BCUT2D eigenvalue weighted by atomic mass is 16.5. The minimum Gasteiger partial charge on any atom is -0.508 e. The molecule has 2 heterocycles. The van der Waals surface area contributed by atoms with Gasteiger partial charge in [-0.05, 0) is 17.7 Å². The maximum atomic E-state index is 13.0. The van der Waals surface area contributed by atoms with E-state index in [0.29, 0.717) is 18.8 Å². The van der Waals surface area contributed by atoms with Gasteiger partial charge in [-0.1, -0.05) is 42.5 Å². The number of amides is 1. The summed E-state index contributed by atoms with van der Waals surface area (Å²) >= 11 is 0. The van der Waals surface area contributed by atoms with Crippen molar-refractivity contribution in [2.45, 2.75) is 6.04 Å². The first-order chi connectivity index (χ1) is 12.7. The van der Waals surface area contributed by atoms with Crippen molar-refractivity contribution in [3.05, 3.63) is 71.4 Å². The van der Waals surface area contributed by atoms with Crippen LogP contribution in [0.15, 0.2) is 54.6 Å². The van der Waals surface area contributed by atoms with E-state index in [4.69, 9.17) is 4.74 Å². The molecule has 0 saturated heterocycles. The maximum absolute atomic E-state index is 13.0. The topological polar surface area (TPSA) is 78.5 Å². The van der Waals surface area contributed by atoms with Crippen LogP contribution in [0.5, 0.6) is 5.75 Å². The van der Waals surface area contributed by atoms with Gasteiger partial charge >= 0.3 is 0 Å². The lowest BCUT2D eigenvalue weighted by Gasteiger charge is -2.26. The molecule has 2 N–H and O–H groups in total. The number of phenolic OH excluding ortho intramolecular Hbond substituents is 1. The molecule has 0 saturated carbocycles. The second kappa shape index (κ2) is 6.65. The van der Waals surface area contributed by atoms with E-state index in [-0.39, 0.29) is 17.7 Å². The number of hydrogen-bond acceptors (Lipinski definition) is 4. The molecular weight excluding hydrogens is 330 g/mol. The van der Waals surface area contributed by atoms with E-state index >= 15 is 0 Å². The number of phenols is 1. The van der Waals surface area contributed by atoms with Crippen LogP contribution >= 0.6 is 0 Å². The average molecular weight is 349 g/mol. The Morgan fingerprint density at radius 3 is 2.73 bits per heavy atom. The normalized spacial score (nSPS) is 16.1. The number of fused-ring (bicyclic) bond motifs is 1. The second-order valence-electron chi connectivity index (χ2n) is 6.22. The fourth-order valence-electron chi connectivity index (χ4n) is 3.47. The number of nitrogens with zero attached hydrogens (tertiary/aromatic N) is 2. The van der Waals surface area contributed by atoms with Gasteiger partial charge in [0.05, 0.1) is 18.3 Å². The summed E-state index contributed by atoms with van der Waals surface area (Å²) in [6.07, 6.45) is 0. The third-order valence-electron chi connectivity index (χ3n) is 4.63. The number of aromatic amines is 1. The Balaban J connectivity index is 1.87. The van der Waals surface area contributed by atoms with E-state index in [1.807, 2.05) is 36.4 Å². The molecule has 0 bridgehead atoms. The fourth-order valence-corrected chi connectivity index (χ4v) is 3.47. The molecule has 132 valence electrons. The largest absolute Gasteiger partial charge is 0.508 e. The first kappa shape index (κ1) is 16.4. The zero-order valence-electron chi connectivity index (χ0n) is 14.3. The quantitative estimate of drug-likeness (QED) is 0.742. The number of ether oxygens (including phenoxy) is 1. The van der Waals surface area contributed by atoms with Crippen LogP contribution in [0.25, 0.3) is 11.3 Å². The molecule has 1 aliphatic heterocycles. The molecule has 4 rings (SSSR count). The predicted molar refractivity (Wildman–Crippen MR) is 96.9 cm³/mol. The Kier molecular flexibility index (Phi) is 4.18. The predicted octanol–water partition coefficient (Wildman–Crippen LogP) is 2.97. The van der Waals surface area contributed by atoms with Crippen molar-refractivity contribution in [3.63, 3.8) is 0 Å². The summed E-state index contributed by atoms with van der Waals surface area (Å²) in [6, 6.07) is 16.4. The van der Waals surface area contributed by atoms with Gasteiger partial charge in [-0.2, -0.15) is 5.10 Å². The van der Waals surface area contributed by atoms with Crippen molar-refractivity contribution in [3.8, 4) is 17.0 Å². The number of H-pyrrole nitrogens is 1. The highest BCUT2D eigenvalue weighted by molar-refractivity contribution is 6.00. The van der Waals surface area contributed by atoms with Crippen molar-refractivity contribution in [1.29, 1.82) is 0 Å². The number of hydrogen-bond donors (Lipinski definition) is 2. The molecular formula is C20H19N3O3. The number of carbonyl (C=O) groups is 1. The van der Waals surface area contributed by atoms with E-state index in [9.17, 15) is 9.90 Å². The van der Waals surface area contributed by atoms with Crippen LogP contribution in [-0.2, 0) is 4.74 Å². The number of aromatic hydroxyl groups is 1. The third-order valence-corrected chi connectivity index (χ3v) is 4.63. The van der Waals surface area contributed by atoms with Crippen molar-refractivity contribution in [1.82, 2.24) is 15.1 Å². The van der Waals surface area contributed by atoms with Crippen molar-refractivity contribution in [2.24, 2.45) is 0 Å². The van der Waals surface area contributed by atoms with Crippen molar-refractivity contribution < 1.29 is 14.6 Å². The van der Waals surface area contributed by atoms with E-state index in [0.717, 1.165) is 22.4 Å². The van der Waals surface area contributed by atoms with Gasteiger partial charge in [-0.25, -0.2) is 0 Å². The van der Waals surface area contributed by atoms with Crippen LogP contribution in [0.2, 0.25) is 0 Å². The Hall–Kier alpha value is -3.12. The molecule has 1 aromatic heterocycles. The van der Waals surface area contributed by atoms with E-state index in [2.05, 4.69) is 10.2 Å². The number of aromatic nitrogens is 2. The lowest BCUT2D eigenvalue weighted by molar-refractivity contribution is 0.0677. The zero-order valence-corrected chi connectivity index (χ0v) is 14.3. The summed E-state index contributed by atoms with van der Waals surface area (Å²) in [5.74, 6) is 0.0555. The Labute approximate surface area is 151 Å². The summed E-state index contributed by atoms with van der Waals surface area (Å²) in [4.78, 5) is 14.7. The molecule has 0 unspecified atom stereocenters. The van der Waals surface area contributed by atoms with Crippen molar-refractivity contribution in [2.75, 3.05) is 20.3 Å². The Morgan fingerprint density at radius 2 is 2.00 bits per heavy atom. The minimum atomic E-state index is -0.325. The average Bonchev–Trinajstić information content (AvgIpc) is 3.20. The maximum Gasteiger partial charge on any atom is 0.273 e. The molecule has 0 spiro atoms. The first-order valence-corrected chi connectivity index (χ1v) is 8.43. The molecule has 6 heteroatoms. The van der Waals surface area contributed by atoms with Gasteiger partial charge in [0.25, 0.3) is 5.91 Å². The number of benzene rings is 2. The Morgan fingerprint density at radius 1 is 1.19 bits per heavy atom. The minimum absolute atomic E-state index is 0.111. The van der Waals surface area contributed by atoms with Crippen LogP contribution in [0.4, 0.5) is 0 Å². The monoisotopic (exact) mass is 349 g/mol. The smallest absolute Gasteiger partial charge is 0.273 e. The van der Waals surface area contributed by atoms with Gasteiger partial charge in [0.2, 0.25) is 0 Å². The van der Waals surface area contributed by atoms with E-state index < -0.39 is 0 Å². The van der Waals surface area contributed by atoms with Gasteiger partial charge in [0.15, 0.2) is 0 Å². The fraction of sp³-hybridized carbons (Fsp3) is 0.200. The second-order valence-corrected chi connectivity index (χ2v) is 6.22. The molecule has 0 aliphatic carbocycles. The summed E-state index contributed by atoms with van der Waals surface area (Å²) in [6.45, 7) is 0.881.